The van der Waals surface area contributed by atoms with Gasteiger partial charge in [-0.2, -0.15) is 5.10 Å². The second kappa shape index (κ2) is 6.24. The summed E-state index contributed by atoms with van der Waals surface area (Å²) in [7, 11) is 1.80. The molecule has 1 aliphatic heterocycles. The lowest BCUT2D eigenvalue weighted by molar-refractivity contribution is -0.127. The van der Waals surface area contributed by atoms with Crippen LogP contribution < -0.4 is 5.32 Å². The van der Waals surface area contributed by atoms with Gasteiger partial charge in [-0.05, 0) is 12.5 Å². The number of amides is 2. The summed E-state index contributed by atoms with van der Waals surface area (Å²) in [5.74, 6) is -0.235. The number of rotatable bonds is 3. The van der Waals surface area contributed by atoms with Crippen LogP contribution in [0.2, 0.25) is 0 Å². The molecule has 0 bridgehead atoms. The Morgan fingerprint density at radius 3 is 2.74 bits per heavy atom. The molecule has 2 amide bonds. The SMILES string of the molecule is Cc1c(C(=O)N2CCNC(=O)[C@H]2Cc2ccccc2)cnn1C. The predicted octanol–water partition coefficient (Wildman–Crippen LogP) is 0.912. The average molecular weight is 312 g/mol. The fourth-order valence-corrected chi connectivity index (χ4v) is 2.86. The largest absolute Gasteiger partial charge is 0.353 e. The zero-order valence-electron chi connectivity index (χ0n) is 13.3. The van der Waals surface area contributed by atoms with Gasteiger partial charge in [-0.3, -0.25) is 14.3 Å². The molecule has 0 aliphatic carbocycles. The van der Waals surface area contributed by atoms with Crippen LogP contribution >= 0.6 is 0 Å². The van der Waals surface area contributed by atoms with Gasteiger partial charge < -0.3 is 10.2 Å². The average Bonchev–Trinajstić information content (AvgIpc) is 2.89. The van der Waals surface area contributed by atoms with Gasteiger partial charge in [0.2, 0.25) is 5.91 Å². The first-order valence-electron chi connectivity index (χ1n) is 7.69. The lowest BCUT2D eigenvalue weighted by atomic mass is 10.0. The molecule has 0 unspecified atom stereocenters. The Morgan fingerprint density at radius 2 is 2.09 bits per heavy atom. The fraction of sp³-hybridized carbons (Fsp3) is 0.353. The standard InChI is InChI=1S/C17H20N4O2/c1-12-14(11-19-20(12)2)17(23)21-9-8-18-16(22)15(21)10-13-6-4-3-5-7-13/h3-7,11,15H,8-10H2,1-2H3,(H,18,22)/t15-/m1/s1. The molecule has 2 heterocycles. The minimum Gasteiger partial charge on any atom is -0.353 e. The van der Waals surface area contributed by atoms with Crippen molar-refractivity contribution in [3.8, 4) is 0 Å². The number of aryl methyl sites for hydroxylation is 1. The molecule has 0 saturated carbocycles. The third-order valence-corrected chi connectivity index (χ3v) is 4.33. The zero-order chi connectivity index (χ0) is 16.4. The van der Waals surface area contributed by atoms with E-state index in [2.05, 4.69) is 10.4 Å². The van der Waals surface area contributed by atoms with Crippen LogP contribution in [0.5, 0.6) is 0 Å². The molecule has 2 aromatic rings. The number of benzene rings is 1. The molecule has 6 nitrogen and oxygen atoms in total. The van der Waals surface area contributed by atoms with Crippen LogP contribution in [0.25, 0.3) is 0 Å². The van der Waals surface area contributed by atoms with E-state index in [9.17, 15) is 9.59 Å². The quantitative estimate of drug-likeness (QED) is 0.916. The van der Waals surface area contributed by atoms with E-state index in [-0.39, 0.29) is 11.8 Å². The normalized spacial score (nSPS) is 17.9. The Kier molecular flexibility index (Phi) is 4.14. The Labute approximate surface area is 135 Å². The molecule has 23 heavy (non-hydrogen) atoms. The highest BCUT2D eigenvalue weighted by Gasteiger charge is 2.34. The lowest BCUT2D eigenvalue weighted by Gasteiger charge is -2.35. The molecule has 1 aromatic carbocycles. The number of nitrogens with zero attached hydrogens (tertiary/aromatic N) is 3. The van der Waals surface area contributed by atoms with Crippen LogP contribution in [-0.4, -0.2) is 45.6 Å². The molecular weight excluding hydrogens is 292 g/mol. The monoisotopic (exact) mass is 312 g/mol. The van der Waals surface area contributed by atoms with E-state index in [0.717, 1.165) is 11.3 Å². The maximum Gasteiger partial charge on any atom is 0.258 e. The zero-order valence-corrected chi connectivity index (χ0v) is 13.3. The van der Waals surface area contributed by atoms with Gasteiger partial charge in [0, 0.05) is 32.3 Å². The van der Waals surface area contributed by atoms with Gasteiger partial charge in [-0.25, -0.2) is 0 Å². The van der Waals surface area contributed by atoms with Gasteiger partial charge in [-0.1, -0.05) is 30.3 Å². The van der Waals surface area contributed by atoms with Crippen molar-refractivity contribution in [2.45, 2.75) is 19.4 Å². The summed E-state index contributed by atoms with van der Waals surface area (Å²) in [6.07, 6.45) is 2.08. The molecule has 120 valence electrons. The number of carbonyl (C=O) groups is 2. The maximum atomic E-state index is 12.9. The maximum absolute atomic E-state index is 12.9. The molecular formula is C17H20N4O2. The molecule has 1 saturated heterocycles. The third-order valence-electron chi connectivity index (χ3n) is 4.33. The number of hydrogen-bond donors (Lipinski definition) is 1. The number of aromatic nitrogens is 2. The second-order valence-corrected chi connectivity index (χ2v) is 5.76. The van der Waals surface area contributed by atoms with E-state index >= 15 is 0 Å². The summed E-state index contributed by atoms with van der Waals surface area (Å²) in [6, 6.07) is 9.27. The van der Waals surface area contributed by atoms with Gasteiger partial charge in [-0.15, -0.1) is 0 Å². The Hall–Kier alpha value is -2.63. The van der Waals surface area contributed by atoms with Gasteiger partial charge in [0.05, 0.1) is 11.8 Å². The molecule has 0 radical (unpaired) electrons. The predicted molar refractivity (Wildman–Crippen MR) is 85.9 cm³/mol. The van der Waals surface area contributed by atoms with Crippen LogP contribution in [0.1, 0.15) is 21.6 Å². The number of hydrogen-bond acceptors (Lipinski definition) is 3. The Morgan fingerprint density at radius 1 is 1.35 bits per heavy atom. The lowest BCUT2D eigenvalue weighted by Crippen LogP contribution is -2.58. The van der Waals surface area contributed by atoms with Crippen molar-refractivity contribution in [1.29, 1.82) is 0 Å². The van der Waals surface area contributed by atoms with Crippen LogP contribution in [0.3, 0.4) is 0 Å². The number of nitrogens with one attached hydrogen (secondary N) is 1. The molecule has 1 aliphatic rings. The molecule has 1 atom stereocenters. The van der Waals surface area contributed by atoms with E-state index in [1.165, 1.54) is 0 Å². The van der Waals surface area contributed by atoms with Crippen molar-refractivity contribution in [1.82, 2.24) is 20.0 Å². The second-order valence-electron chi connectivity index (χ2n) is 5.76. The highest BCUT2D eigenvalue weighted by atomic mass is 16.2. The summed E-state index contributed by atoms with van der Waals surface area (Å²) in [5, 5.41) is 6.98. The van der Waals surface area contributed by atoms with Crippen molar-refractivity contribution < 1.29 is 9.59 Å². The van der Waals surface area contributed by atoms with Crippen LogP contribution in [0, 0.1) is 6.92 Å². The van der Waals surface area contributed by atoms with Crippen LogP contribution in [0.4, 0.5) is 0 Å². The smallest absolute Gasteiger partial charge is 0.258 e. The van der Waals surface area contributed by atoms with Crippen molar-refractivity contribution in [3.05, 3.63) is 53.3 Å². The summed E-state index contributed by atoms with van der Waals surface area (Å²) in [6.45, 7) is 2.85. The molecule has 1 aromatic heterocycles. The summed E-state index contributed by atoms with van der Waals surface area (Å²) in [5.41, 5.74) is 2.40. The molecule has 0 spiro atoms. The van der Waals surface area contributed by atoms with E-state index < -0.39 is 6.04 Å². The van der Waals surface area contributed by atoms with Gasteiger partial charge in [0.25, 0.3) is 5.91 Å². The Balaban J connectivity index is 1.87. The van der Waals surface area contributed by atoms with E-state index in [4.69, 9.17) is 0 Å². The first-order valence-corrected chi connectivity index (χ1v) is 7.69. The van der Waals surface area contributed by atoms with Crippen molar-refractivity contribution in [2.24, 2.45) is 7.05 Å². The molecule has 1 fully saturated rings. The topological polar surface area (TPSA) is 67.2 Å². The van der Waals surface area contributed by atoms with Crippen LogP contribution in [0.15, 0.2) is 36.5 Å². The Bertz CT molecular complexity index is 723. The molecule has 1 N–H and O–H groups in total. The summed E-state index contributed by atoms with van der Waals surface area (Å²) in [4.78, 5) is 26.8. The summed E-state index contributed by atoms with van der Waals surface area (Å²) < 4.78 is 1.67. The van der Waals surface area contributed by atoms with Crippen molar-refractivity contribution in [2.75, 3.05) is 13.1 Å². The number of piperazine rings is 1. The van der Waals surface area contributed by atoms with E-state index in [0.29, 0.717) is 25.1 Å². The highest BCUT2D eigenvalue weighted by molar-refractivity contribution is 5.98. The highest BCUT2D eigenvalue weighted by Crippen LogP contribution is 2.17. The number of carbonyl (C=O) groups excluding carboxylic acids is 2. The minimum absolute atomic E-state index is 0.102. The minimum atomic E-state index is -0.488. The summed E-state index contributed by atoms with van der Waals surface area (Å²) >= 11 is 0. The third kappa shape index (κ3) is 2.97. The van der Waals surface area contributed by atoms with Crippen LogP contribution in [-0.2, 0) is 18.3 Å². The van der Waals surface area contributed by atoms with Gasteiger partial charge >= 0.3 is 0 Å². The van der Waals surface area contributed by atoms with Gasteiger partial charge in [0.1, 0.15) is 6.04 Å². The van der Waals surface area contributed by atoms with Crippen molar-refractivity contribution >= 4 is 11.8 Å². The fourth-order valence-electron chi connectivity index (χ4n) is 2.86. The molecule has 3 rings (SSSR count). The molecule has 6 heteroatoms. The first-order chi connectivity index (χ1) is 11.1. The van der Waals surface area contributed by atoms with E-state index in [1.54, 1.807) is 22.8 Å². The van der Waals surface area contributed by atoms with E-state index in [1.807, 2.05) is 37.3 Å². The van der Waals surface area contributed by atoms with Gasteiger partial charge in [0.15, 0.2) is 0 Å². The first kappa shape index (κ1) is 15.3. The van der Waals surface area contributed by atoms with Crippen molar-refractivity contribution in [3.63, 3.8) is 0 Å².